The first-order valence-corrected chi connectivity index (χ1v) is 5.87. The quantitative estimate of drug-likeness (QED) is 0.148. The summed E-state index contributed by atoms with van der Waals surface area (Å²) in [6.07, 6.45) is 0.673. The van der Waals surface area contributed by atoms with Crippen molar-refractivity contribution in [3.8, 4) is 0 Å². The highest BCUT2D eigenvalue weighted by Gasteiger charge is 2.01. The lowest BCUT2D eigenvalue weighted by molar-refractivity contribution is -0.140. The number of ether oxygens (including phenoxy) is 5. The Hall–Kier alpha value is -1.31. The predicted molar refractivity (Wildman–Crippen MR) is 65.0 cm³/mol. The molecular formula is C11H20N2O6. The third kappa shape index (κ3) is 14.6. The maximum absolute atomic E-state index is 10.7. The second-order valence-electron chi connectivity index (χ2n) is 3.24. The molecule has 0 atom stereocenters. The Balaban J connectivity index is 3.06. The SMILES string of the molecule is COCCOCCOCCOCCOC(=O)C=[N+]=[N-]. The topological polar surface area (TPSA) is 99.6 Å². The monoisotopic (exact) mass is 276 g/mol. The standard InChI is InChI=1S/C11H20N2O6/c1-15-2-3-16-4-5-17-6-7-18-8-9-19-11(14)10-13-12/h10H,2-9H2,1H3. The minimum atomic E-state index is -0.712. The van der Waals surface area contributed by atoms with E-state index in [-0.39, 0.29) is 13.2 Å². The molecule has 0 aliphatic heterocycles. The average Bonchev–Trinajstić information content (AvgIpc) is 2.40. The third-order valence-corrected chi connectivity index (χ3v) is 1.81. The zero-order valence-corrected chi connectivity index (χ0v) is 11.1. The Morgan fingerprint density at radius 3 is 1.89 bits per heavy atom. The lowest BCUT2D eigenvalue weighted by Crippen LogP contribution is -2.14. The van der Waals surface area contributed by atoms with Crippen LogP contribution in [0.4, 0.5) is 0 Å². The summed E-state index contributed by atoms with van der Waals surface area (Å²) in [7, 11) is 1.62. The van der Waals surface area contributed by atoms with Gasteiger partial charge in [0.25, 0.3) is 0 Å². The van der Waals surface area contributed by atoms with Crippen LogP contribution in [0.25, 0.3) is 5.53 Å². The molecule has 0 spiro atoms. The van der Waals surface area contributed by atoms with Crippen LogP contribution >= 0.6 is 0 Å². The van der Waals surface area contributed by atoms with E-state index in [1.54, 1.807) is 7.11 Å². The van der Waals surface area contributed by atoms with Gasteiger partial charge in [-0.05, 0) is 0 Å². The lowest BCUT2D eigenvalue weighted by atomic mass is 10.7. The van der Waals surface area contributed by atoms with E-state index < -0.39 is 5.97 Å². The molecule has 0 amide bonds. The number of carbonyl (C=O) groups is 1. The molecule has 19 heavy (non-hydrogen) atoms. The van der Waals surface area contributed by atoms with Gasteiger partial charge >= 0.3 is 12.2 Å². The number of rotatable bonds is 13. The minimum absolute atomic E-state index is 0.102. The molecule has 0 saturated carbocycles. The molecule has 0 unspecified atom stereocenters. The van der Waals surface area contributed by atoms with E-state index >= 15 is 0 Å². The van der Waals surface area contributed by atoms with Crippen molar-refractivity contribution in [1.82, 2.24) is 0 Å². The number of esters is 1. The largest absolute Gasteiger partial charge is 0.455 e. The highest BCUT2D eigenvalue weighted by Crippen LogP contribution is 1.83. The first kappa shape index (κ1) is 17.7. The highest BCUT2D eigenvalue weighted by atomic mass is 16.6. The van der Waals surface area contributed by atoms with Gasteiger partial charge < -0.3 is 29.2 Å². The van der Waals surface area contributed by atoms with Crippen molar-refractivity contribution in [2.24, 2.45) is 0 Å². The van der Waals surface area contributed by atoms with Crippen LogP contribution in [0.1, 0.15) is 0 Å². The van der Waals surface area contributed by atoms with Gasteiger partial charge in [-0.1, -0.05) is 0 Å². The van der Waals surface area contributed by atoms with E-state index in [0.717, 1.165) is 0 Å². The molecule has 0 aromatic rings. The second kappa shape index (κ2) is 14.7. The van der Waals surface area contributed by atoms with Gasteiger partial charge in [-0.2, -0.15) is 4.79 Å². The van der Waals surface area contributed by atoms with Crippen LogP contribution in [0.15, 0.2) is 0 Å². The summed E-state index contributed by atoms with van der Waals surface area (Å²) < 4.78 is 25.0. The summed E-state index contributed by atoms with van der Waals surface area (Å²) >= 11 is 0. The zero-order valence-electron chi connectivity index (χ0n) is 11.1. The first-order chi connectivity index (χ1) is 9.31. The van der Waals surface area contributed by atoms with E-state index in [2.05, 4.69) is 9.53 Å². The van der Waals surface area contributed by atoms with Crippen molar-refractivity contribution >= 4 is 12.2 Å². The van der Waals surface area contributed by atoms with Crippen LogP contribution in [0.3, 0.4) is 0 Å². The van der Waals surface area contributed by atoms with Crippen LogP contribution in [-0.2, 0) is 28.5 Å². The highest BCUT2D eigenvalue weighted by molar-refractivity contribution is 6.20. The Morgan fingerprint density at radius 1 is 0.947 bits per heavy atom. The van der Waals surface area contributed by atoms with E-state index in [1.165, 1.54) is 0 Å². The third-order valence-electron chi connectivity index (χ3n) is 1.81. The van der Waals surface area contributed by atoms with E-state index in [1.807, 2.05) is 0 Å². The Morgan fingerprint density at radius 2 is 1.42 bits per heavy atom. The summed E-state index contributed by atoms with van der Waals surface area (Å²) in [6, 6.07) is 0. The van der Waals surface area contributed by atoms with Crippen LogP contribution in [-0.4, -0.2) is 76.9 Å². The van der Waals surface area contributed by atoms with Crippen LogP contribution in [0.5, 0.6) is 0 Å². The zero-order chi connectivity index (χ0) is 14.2. The van der Waals surface area contributed by atoms with E-state index in [9.17, 15) is 4.79 Å². The van der Waals surface area contributed by atoms with Crippen LogP contribution < -0.4 is 0 Å². The summed E-state index contributed by atoms with van der Waals surface area (Å²) in [4.78, 5) is 13.2. The fourth-order valence-corrected chi connectivity index (χ4v) is 0.970. The van der Waals surface area contributed by atoms with Crippen molar-refractivity contribution in [3.63, 3.8) is 0 Å². The first-order valence-electron chi connectivity index (χ1n) is 5.87. The van der Waals surface area contributed by atoms with E-state index in [0.29, 0.717) is 45.9 Å². The average molecular weight is 276 g/mol. The molecule has 110 valence electrons. The molecule has 0 aliphatic rings. The summed E-state index contributed by atoms with van der Waals surface area (Å²) in [5, 5.41) is 0. The molecule has 0 heterocycles. The minimum Gasteiger partial charge on any atom is -0.455 e. The van der Waals surface area contributed by atoms with Gasteiger partial charge in [0.1, 0.15) is 6.61 Å². The molecule has 8 nitrogen and oxygen atoms in total. The van der Waals surface area contributed by atoms with Gasteiger partial charge in [-0.3, -0.25) is 0 Å². The van der Waals surface area contributed by atoms with Gasteiger partial charge in [0, 0.05) is 7.11 Å². The molecule has 0 fully saturated rings. The Kier molecular flexibility index (Phi) is 13.7. The van der Waals surface area contributed by atoms with Crippen LogP contribution in [0, 0.1) is 0 Å². The molecular weight excluding hydrogens is 256 g/mol. The van der Waals surface area contributed by atoms with Crippen molar-refractivity contribution in [1.29, 1.82) is 0 Å². The van der Waals surface area contributed by atoms with E-state index in [4.69, 9.17) is 24.5 Å². The molecule has 0 radical (unpaired) electrons. The maximum atomic E-state index is 10.7. The predicted octanol–water partition coefficient (Wildman–Crippen LogP) is -0.474. The molecule has 8 heteroatoms. The molecule has 0 rings (SSSR count). The second-order valence-corrected chi connectivity index (χ2v) is 3.24. The van der Waals surface area contributed by atoms with Gasteiger partial charge in [-0.25, -0.2) is 4.79 Å². The summed E-state index contributed by atoms with van der Waals surface area (Å²) in [6.45, 7) is 3.35. The molecule has 0 bridgehead atoms. The van der Waals surface area contributed by atoms with Gasteiger partial charge in [0.05, 0.1) is 46.2 Å². The van der Waals surface area contributed by atoms with Crippen molar-refractivity contribution in [2.45, 2.75) is 0 Å². The summed E-state index contributed by atoms with van der Waals surface area (Å²) in [5.74, 6) is -0.712. The number of hydrogen-bond acceptors (Lipinski definition) is 6. The number of carbonyl (C=O) groups excluding carboxylic acids is 1. The maximum Gasteiger partial charge on any atom is 0.413 e. The number of nitrogens with zero attached hydrogens (tertiary/aromatic N) is 2. The summed E-state index contributed by atoms with van der Waals surface area (Å²) in [5.41, 5.74) is 8.03. The van der Waals surface area contributed by atoms with Crippen molar-refractivity contribution in [2.75, 3.05) is 60.0 Å². The van der Waals surface area contributed by atoms with Gasteiger partial charge in [0.2, 0.25) is 0 Å². The lowest BCUT2D eigenvalue weighted by Gasteiger charge is -2.06. The van der Waals surface area contributed by atoms with Gasteiger partial charge in [-0.15, -0.1) is 0 Å². The van der Waals surface area contributed by atoms with Gasteiger partial charge in [0.15, 0.2) is 0 Å². The van der Waals surface area contributed by atoms with Crippen molar-refractivity contribution in [3.05, 3.63) is 5.53 Å². The molecule has 0 N–H and O–H groups in total. The molecule has 0 aromatic heterocycles. The normalized spacial score (nSPS) is 9.95. The molecule has 0 aliphatic carbocycles. The Labute approximate surface area is 112 Å². The molecule has 0 saturated heterocycles. The fourth-order valence-electron chi connectivity index (χ4n) is 0.970. The Bertz CT molecular complexity index is 268. The number of hydrogen-bond donors (Lipinski definition) is 0. The smallest absolute Gasteiger partial charge is 0.413 e. The van der Waals surface area contributed by atoms with Crippen molar-refractivity contribution < 1.29 is 33.3 Å². The molecule has 0 aromatic carbocycles. The van der Waals surface area contributed by atoms with Crippen LogP contribution in [0.2, 0.25) is 0 Å². The number of methoxy groups -OCH3 is 1. The fraction of sp³-hybridized carbons (Fsp3) is 0.818.